The summed E-state index contributed by atoms with van der Waals surface area (Å²) in [5, 5.41) is 3.30. The molecule has 1 N–H and O–H groups in total. The first kappa shape index (κ1) is 30.7. The van der Waals surface area contributed by atoms with E-state index in [4.69, 9.17) is 32.7 Å². The molecule has 1 aromatic heterocycles. The van der Waals surface area contributed by atoms with E-state index in [1.165, 1.54) is 23.0 Å². The molecule has 0 fully saturated rings. The Morgan fingerprint density at radius 3 is 2.36 bits per heavy atom. The van der Waals surface area contributed by atoms with Crippen molar-refractivity contribution in [3.8, 4) is 5.69 Å². The first-order chi connectivity index (χ1) is 21.0. The average Bonchev–Trinajstić information content (AvgIpc) is 3.00. The third-order valence-corrected chi connectivity index (χ3v) is 7.72. The molecule has 0 saturated heterocycles. The van der Waals surface area contributed by atoms with Crippen molar-refractivity contribution in [2.24, 2.45) is 7.05 Å². The van der Waals surface area contributed by atoms with Crippen molar-refractivity contribution in [1.29, 1.82) is 0 Å². The lowest BCUT2D eigenvalue weighted by molar-refractivity contribution is -0.164. The fourth-order valence-corrected chi connectivity index (χ4v) is 5.31. The van der Waals surface area contributed by atoms with E-state index in [-0.39, 0.29) is 22.0 Å². The van der Waals surface area contributed by atoms with E-state index < -0.39 is 35.5 Å². The first-order valence-electron chi connectivity index (χ1n) is 13.5. The number of carbonyl (C=O) groups is 2. The summed E-state index contributed by atoms with van der Waals surface area (Å²) in [6, 6.07) is 15.3. The number of nitrogens with zero attached hydrogens (tertiary/aromatic N) is 3. The molecule has 10 nitrogen and oxygen atoms in total. The summed E-state index contributed by atoms with van der Waals surface area (Å²) >= 11 is 12.4. The van der Waals surface area contributed by atoms with Gasteiger partial charge in [-0.2, -0.15) is 0 Å². The Labute approximate surface area is 262 Å². The number of anilines is 1. The standard InChI is InChI=1S/C32H28Cl2N4O6/c1-36(2)21-14-15-26-22(18-21)30(40)38(32(42)37(26)3)20-12-10-19(11-13-20)17-25(31(41)44-27-9-4-5-16-43-27)35-29(39)28-23(33)7-6-8-24(28)34/h4-16,18,25,27H,17H2,1-3H3,(H,35,39)/t25-,27?/m0/s1. The van der Waals surface area contributed by atoms with Crippen LogP contribution in [0.4, 0.5) is 5.69 Å². The number of nitrogens with one attached hydrogen (secondary N) is 1. The summed E-state index contributed by atoms with van der Waals surface area (Å²) in [7, 11) is 5.34. The molecule has 0 spiro atoms. The molecular formula is C32H28Cl2N4O6. The number of halogens is 2. The number of benzene rings is 3. The van der Waals surface area contributed by atoms with Crippen molar-refractivity contribution in [2.45, 2.75) is 18.8 Å². The van der Waals surface area contributed by atoms with Crippen molar-refractivity contribution in [3.63, 3.8) is 0 Å². The lowest BCUT2D eigenvalue weighted by atomic mass is 10.0. The van der Waals surface area contributed by atoms with Crippen LogP contribution in [0.2, 0.25) is 10.0 Å². The molecule has 0 radical (unpaired) electrons. The van der Waals surface area contributed by atoms with Gasteiger partial charge >= 0.3 is 11.7 Å². The van der Waals surface area contributed by atoms with Crippen LogP contribution in [0.3, 0.4) is 0 Å². The molecule has 226 valence electrons. The van der Waals surface area contributed by atoms with Crippen molar-refractivity contribution < 1.29 is 19.1 Å². The Bertz CT molecular complexity index is 1910. The number of aryl methyl sites for hydroxylation is 1. The van der Waals surface area contributed by atoms with Gasteiger partial charge in [0.2, 0.25) is 0 Å². The highest BCUT2D eigenvalue weighted by Crippen LogP contribution is 2.25. The van der Waals surface area contributed by atoms with Crippen LogP contribution in [0.15, 0.2) is 94.7 Å². The number of hydrogen-bond acceptors (Lipinski definition) is 7. The number of fused-ring (bicyclic) bond motifs is 1. The van der Waals surface area contributed by atoms with E-state index in [1.54, 1.807) is 67.7 Å². The third-order valence-electron chi connectivity index (χ3n) is 7.09. The van der Waals surface area contributed by atoms with Gasteiger partial charge in [-0.15, -0.1) is 0 Å². The summed E-state index contributed by atoms with van der Waals surface area (Å²) in [5.41, 5.74) is 1.34. The second-order valence-corrected chi connectivity index (χ2v) is 11.0. The fraction of sp³-hybridized carbons (Fsp3) is 0.188. The Kier molecular flexibility index (Phi) is 8.93. The van der Waals surface area contributed by atoms with Gasteiger partial charge in [-0.3, -0.25) is 14.2 Å². The molecule has 5 rings (SSSR count). The number of aromatic nitrogens is 2. The number of amides is 1. The monoisotopic (exact) mass is 634 g/mol. The Morgan fingerprint density at radius 1 is 1.02 bits per heavy atom. The summed E-state index contributed by atoms with van der Waals surface area (Å²) < 4.78 is 13.3. The van der Waals surface area contributed by atoms with E-state index in [2.05, 4.69) is 5.32 Å². The van der Waals surface area contributed by atoms with Crippen LogP contribution in [0, 0.1) is 0 Å². The zero-order chi connectivity index (χ0) is 31.5. The first-order valence-corrected chi connectivity index (χ1v) is 14.3. The molecule has 1 aliphatic rings. The summed E-state index contributed by atoms with van der Waals surface area (Å²) in [5.74, 6) is -1.42. The van der Waals surface area contributed by atoms with Gasteiger partial charge in [-0.25, -0.2) is 14.2 Å². The predicted octanol–water partition coefficient (Wildman–Crippen LogP) is 4.37. The van der Waals surface area contributed by atoms with Gasteiger partial charge in [0.05, 0.1) is 38.5 Å². The molecule has 0 aliphatic carbocycles. The topological polar surface area (TPSA) is 112 Å². The number of esters is 1. The normalized spacial score (nSPS) is 14.6. The van der Waals surface area contributed by atoms with Crippen LogP contribution >= 0.6 is 23.2 Å². The summed E-state index contributed by atoms with van der Waals surface area (Å²) in [6.07, 6.45) is 5.27. The van der Waals surface area contributed by atoms with E-state index in [0.29, 0.717) is 22.2 Å². The quantitative estimate of drug-likeness (QED) is 0.286. The minimum Gasteiger partial charge on any atom is -0.459 e. The lowest BCUT2D eigenvalue weighted by Gasteiger charge is -2.22. The van der Waals surface area contributed by atoms with Crippen LogP contribution in [0.5, 0.6) is 0 Å². The molecule has 12 heteroatoms. The van der Waals surface area contributed by atoms with Gasteiger partial charge in [-0.05, 0) is 60.2 Å². The van der Waals surface area contributed by atoms with Crippen LogP contribution in [0.25, 0.3) is 16.6 Å². The predicted molar refractivity (Wildman–Crippen MR) is 170 cm³/mol. The van der Waals surface area contributed by atoms with Crippen molar-refractivity contribution in [1.82, 2.24) is 14.5 Å². The van der Waals surface area contributed by atoms with Crippen LogP contribution in [-0.2, 0) is 27.7 Å². The molecule has 2 heterocycles. The minimum absolute atomic E-state index is 0.00994. The maximum atomic E-state index is 13.5. The van der Waals surface area contributed by atoms with Gasteiger partial charge in [-0.1, -0.05) is 47.5 Å². The lowest BCUT2D eigenvalue weighted by Crippen LogP contribution is -2.44. The summed E-state index contributed by atoms with van der Waals surface area (Å²) in [4.78, 5) is 55.0. The van der Waals surface area contributed by atoms with E-state index in [1.807, 2.05) is 25.1 Å². The Hall–Kier alpha value is -4.80. The number of carbonyl (C=O) groups excluding carboxylic acids is 2. The highest BCUT2D eigenvalue weighted by Gasteiger charge is 2.28. The van der Waals surface area contributed by atoms with Crippen molar-refractivity contribution in [3.05, 3.63) is 127 Å². The average molecular weight is 636 g/mol. The van der Waals surface area contributed by atoms with E-state index >= 15 is 0 Å². The molecule has 44 heavy (non-hydrogen) atoms. The molecular weight excluding hydrogens is 607 g/mol. The van der Waals surface area contributed by atoms with Crippen LogP contribution in [0.1, 0.15) is 15.9 Å². The zero-order valence-corrected chi connectivity index (χ0v) is 25.5. The Balaban J connectivity index is 1.45. The van der Waals surface area contributed by atoms with Crippen LogP contribution < -0.4 is 21.5 Å². The maximum Gasteiger partial charge on any atom is 0.335 e. The SMILES string of the molecule is CN(C)c1ccc2c(c1)c(=O)n(-c1ccc(C[C@H](NC(=O)c3c(Cl)cccc3Cl)C(=O)OC3C=CC=CO3)cc1)c(=O)n2C. The number of rotatable bonds is 8. The van der Waals surface area contributed by atoms with Crippen molar-refractivity contribution in [2.75, 3.05) is 19.0 Å². The van der Waals surface area contributed by atoms with Crippen LogP contribution in [-0.4, -0.2) is 47.4 Å². The maximum absolute atomic E-state index is 13.5. The molecule has 1 unspecified atom stereocenters. The number of ether oxygens (including phenoxy) is 2. The van der Waals surface area contributed by atoms with E-state index in [0.717, 1.165) is 10.3 Å². The molecule has 0 bridgehead atoms. The van der Waals surface area contributed by atoms with Gasteiger partial charge in [0.1, 0.15) is 6.04 Å². The van der Waals surface area contributed by atoms with Gasteiger partial charge in [0.15, 0.2) is 0 Å². The largest absolute Gasteiger partial charge is 0.459 e. The van der Waals surface area contributed by atoms with Gasteiger partial charge in [0.25, 0.3) is 17.8 Å². The number of hydrogen-bond donors (Lipinski definition) is 1. The van der Waals surface area contributed by atoms with Gasteiger partial charge in [0, 0.05) is 33.3 Å². The highest BCUT2D eigenvalue weighted by molar-refractivity contribution is 6.39. The minimum atomic E-state index is -1.16. The third kappa shape index (κ3) is 6.27. The molecule has 0 saturated carbocycles. The van der Waals surface area contributed by atoms with Gasteiger partial charge < -0.3 is 19.7 Å². The highest BCUT2D eigenvalue weighted by atomic mass is 35.5. The molecule has 4 aromatic rings. The molecule has 1 aliphatic heterocycles. The second kappa shape index (κ2) is 12.8. The van der Waals surface area contributed by atoms with E-state index in [9.17, 15) is 19.2 Å². The molecule has 1 amide bonds. The second-order valence-electron chi connectivity index (χ2n) is 10.2. The zero-order valence-electron chi connectivity index (χ0n) is 24.0. The molecule has 3 aromatic carbocycles. The number of allylic oxidation sites excluding steroid dienone is 2. The fourth-order valence-electron chi connectivity index (χ4n) is 4.74. The summed E-state index contributed by atoms with van der Waals surface area (Å²) in [6.45, 7) is 0. The van der Waals surface area contributed by atoms with Crippen molar-refractivity contribution >= 4 is 51.7 Å². The smallest absolute Gasteiger partial charge is 0.335 e. The Morgan fingerprint density at radius 2 is 1.73 bits per heavy atom. The molecule has 2 atom stereocenters.